The van der Waals surface area contributed by atoms with Gasteiger partial charge in [-0.2, -0.15) is 0 Å². The van der Waals surface area contributed by atoms with Gasteiger partial charge in [0.05, 0.1) is 12.0 Å². The molecule has 0 aromatic heterocycles. The van der Waals surface area contributed by atoms with Crippen molar-refractivity contribution in [2.45, 2.75) is 72.5 Å². The molecule has 142 valence electrons. The van der Waals surface area contributed by atoms with Crippen molar-refractivity contribution in [1.82, 2.24) is 0 Å². The zero-order chi connectivity index (χ0) is 19.1. The zero-order valence-corrected chi connectivity index (χ0v) is 17.0. The summed E-state index contributed by atoms with van der Waals surface area (Å²) in [6.07, 6.45) is 3.94. The molecule has 0 bridgehead atoms. The molecule has 0 radical (unpaired) electrons. The molecule has 0 aliphatic heterocycles. The van der Waals surface area contributed by atoms with Gasteiger partial charge in [0.1, 0.15) is 11.9 Å². The Kier molecular flexibility index (Phi) is 7.91. The van der Waals surface area contributed by atoms with Gasteiger partial charge in [-0.15, -0.1) is 0 Å². The fourth-order valence-electron chi connectivity index (χ4n) is 3.90. The van der Waals surface area contributed by atoms with Crippen LogP contribution in [0.2, 0.25) is 0 Å². The summed E-state index contributed by atoms with van der Waals surface area (Å²) >= 11 is 0. The molecule has 2 heteroatoms. The van der Waals surface area contributed by atoms with Crippen molar-refractivity contribution >= 4 is 5.78 Å². The fraction of sp³-hybridized carbons (Fsp3) is 0.625. The van der Waals surface area contributed by atoms with Crippen LogP contribution in [0, 0.1) is 35.5 Å². The Morgan fingerprint density at radius 1 is 1.19 bits per heavy atom. The van der Waals surface area contributed by atoms with Gasteiger partial charge in [-0.05, 0) is 42.7 Å². The maximum absolute atomic E-state index is 12.3. The van der Waals surface area contributed by atoms with E-state index >= 15 is 0 Å². The third-order valence-corrected chi connectivity index (χ3v) is 5.73. The maximum atomic E-state index is 12.3. The lowest BCUT2D eigenvalue weighted by Gasteiger charge is -2.39. The molecule has 0 saturated heterocycles. The number of ketones is 1. The van der Waals surface area contributed by atoms with Crippen LogP contribution in [0.25, 0.3) is 0 Å². The highest BCUT2D eigenvalue weighted by molar-refractivity contribution is 5.81. The quantitative estimate of drug-likeness (QED) is 0.631. The molecule has 5 atom stereocenters. The van der Waals surface area contributed by atoms with E-state index in [1.807, 2.05) is 44.2 Å². The molecule has 1 aromatic rings. The average molecular weight is 355 g/mol. The normalized spacial score (nSPS) is 25.2. The van der Waals surface area contributed by atoms with E-state index in [2.05, 4.69) is 32.6 Å². The highest BCUT2D eigenvalue weighted by Gasteiger charge is 2.34. The molecule has 1 saturated carbocycles. The first-order chi connectivity index (χ1) is 12.4. The van der Waals surface area contributed by atoms with E-state index in [9.17, 15) is 4.79 Å². The third kappa shape index (κ3) is 5.71. The summed E-state index contributed by atoms with van der Waals surface area (Å²) < 4.78 is 6.55. The van der Waals surface area contributed by atoms with Crippen molar-refractivity contribution in [2.75, 3.05) is 0 Å². The van der Waals surface area contributed by atoms with Crippen LogP contribution in [0.15, 0.2) is 30.3 Å². The monoisotopic (exact) mass is 354 g/mol. The lowest BCUT2D eigenvalue weighted by atomic mass is 9.75. The number of carbonyl (C=O) groups is 1. The minimum absolute atomic E-state index is 0.193. The van der Waals surface area contributed by atoms with Gasteiger partial charge in [-0.25, -0.2) is 0 Å². The van der Waals surface area contributed by atoms with E-state index in [1.165, 1.54) is 12.8 Å². The SMILES string of the molecule is CCC(=O)[C@H](C)[C@@H](C#Cc1ccccc1)O[C@@H]1C[C@H](C)CC[C@H]1C(C)C. The van der Waals surface area contributed by atoms with Gasteiger partial charge in [0.15, 0.2) is 0 Å². The summed E-state index contributed by atoms with van der Waals surface area (Å²) in [7, 11) is 0. The maximum Gasteiger partial charge on any atom is 0.139 e. The van der Waals surface area contributed by atoms with E-state index in [0.29, 0.717) is 24.2 Å². The minimum Gasteiger partial charge on any atom is -0.361 e. The van der Waals surface area contributed by atoms with E-state index in [0.717, 1.165) is 12.0 Å². The van der Waals surface area contributed by atoms with Gasteiger partial charge in [0.2, 0.25) is 0 Å². The summed E-state index contributed by atoms with van der Waals surface area (Å²) in [6.45, 7) is 10.7. The van der Waals surface area contributed by atoms with Crippen LogP contribution in [0.3, 0.4) is 0 Å². The van der Waals surface area contributed by atoms with Gasteiger partial charge in [-0.1, -0.05) is 71.1 Å². The molecule has 1 aromatic carbocycles. The van der Waals surface area contributed by atoms with Gasteiger partial charge in [0, 0.05) is 12.0 Å². The number of hydrogen-bond acceptors (Lipinski definition) is 2. The number of carbonyl (C=O) groups excluding carboxylic acids is 1. The second kappa shape index (κ2) is 9.93. The Hall–Kier alpha value is -1.59. The van der Waals surface area contributed by atoms with Crippen molar-refractivity contribution in [3.8, 4) is 11.8 Å². The second-order valence-electron chi connectivity index (χ2n) is 8.17. The van der Waals surface area contributed by atoms with Crippen molar-refractivity contribution < 1.29 is 9.53 Å². The number of Topliss-reactive ketones (excluding diaryl/α,β-unsaturated/α-hetero) is 1. The Morgan fingerprint density at radius 2 is 1.88 bits per heavy atom. The standard InChI is InChI=1S/C24H34O2/c1-6-22(25)19(5)23(15-13-20-10-8-7-9-11-20)26-24-16-18(4)12-14-21(24)17(2)3/h7-11,17-19,21,23-24H,6,12,14,16H2,1-5H3/t18-,19+,21+,23-,24-/m1/s1. The number of hydrogen-bond donors (Lipinski definition) is 0. The molecule has 0 spiro atoms. The first-order valence-corrected chi connectivity index (χ1v) is 10.2. The van der Waals surface area contributed by atoms with E-state index in [1.54, 1.807) is 0 Å². The highest BCUT2D eigenvalue weighted by atomic mass is 16.5. The van der Waals surface area contributed by atoms with Crippen LogP contribution in [0.4, 0.5) is 0 Å². The van der Waals surface area contributed by atoms with Crippen LogP contribution < -0.4 is 0 Å². The molecular formula is C24H34O2. The molecule has 1 fully saturated rings. The molecule has 1 aliphatic rings. The summed E-state index contributed by atoms with van der Waals surface area (Å²) in [5, 5.41) is 0. The third-order valence-electron chi connectivity index (χ3n) is 5.73. The molecule has 0 unspecified atom stereocenters. The van der Waals surface area contributed by atoms with E-state index in [4.69, 9.17) is 4.74 Å². The Labute approximate surface area is 159 Å². The second-order valence-corrected chi connectivity index (χ2v) is 8.17. The topological polar surface area (TPSA) is 26.3 Å². The van der Waals surface area contributed by atoms with Gasteiger partial charge >= 0.3 is 0 Å². The van der Waals surface area contributed by atoms with Crippen LogP contribution in [0.5, 0.6) is 0 Å². The molecule has 1 aliphatic carbocycles. The molecule has 26 heavy (non-hydrogen) atoms. The Bertz CT molecular complexity index is 623. The minimum atomic E-state index is -0.334. The molecule has 0 N–H and O–H groups in total. The molecule has 2 rings (SSSR count). The smallest absolute Gasteiger partial charge is 0.139 e. The molecule has 0 amide bonds. The van der Waals surface area contributed by atoms with Crippen LogP contribution in [-0.2, 0) is 9.53 Å². The molecular weight excluding hydrogens is 320 g/mol. The van der Waals surface area contributed by atoms with Crippen LogP contribution in [-0.4, -0.2) is 18.0 Å². The number of benzene rings is 1. The van der Waals surface area contributed by atoms with Crippen molar-refractivity contribution in [3.63, 3.8) is 0 Å². The average Bonchev–Trinajstić information content (AvgIpc) is 2.64. The largest absolute Gasteiger partial charge is 0.361 e. The fourth-order valence-corrected chi connectivity index (χ4v) is 3.90. The summed E-state index contributed by atoms with van der Waals surface area (Å²) in [6, 6.07) is 9.95. The first kappa shape index (κ1) is 20.7. The highest BCUT2D eigenvalue weighted by Crippen LogP contribution is 2.36. The summed E-state index contributed by atoms with van der Waals surface area (Å²) in [5.74, 6) is 8.35. The predicted octanol–water partition coefficient (Wildman–Crippen LogP) is 5.50. The van der Waals surface area contributed by atoms with Crippen molar-refractivity contribution in [2.24, 2.45) is 23.7 Å². The number of ether oxygens (including phenoxy) is 1. The summed E-state index contributed by atoms with van der Waals surface area (Å²) in [5.41, 5.74) is 0.967. The van der Waals surface area contributed by atoms with Gasteiger partial charge < -0.3 is 4.74 Å². The Morgan fingerprint density at radius 3 is 2.50 bits per heavy atom. The summed E-state index contributed by atoms with van der Waals surface area (Å²) in [4.78, 5) is 12.3. The lowest BCUT2D eigenvalue weighted by molar-refractivity contribution is -0.130. The van der Waals surface area contributed by atoms with Crippen molar-refractivity contribution in [3.05, 3.63) is 35.9 Å². The van der Waals surface area contributed by atoms with E-state index in [-0.39, 0.29) is 23.9 Å². The lowest BCUT2D eigenvalue weighted by Crippen LogP contribution is -2.39. The zero-order valence-electron chi connectivity index (χ0n) is 17.0. The first-order valence-electron chi connectivity index (χ1n) is 10.2. The van der Waals surface area contributed by atoms with Crippen LogP contribution in [0.1, 0.15) is 65.9 Å². The van der Waals surface area contributed by atoms with Crippen molar-refractivity contribution in [1.29, 1.82) is 0 Å². The number of rotatable bonds is 6. The predicted molar refractivity (Wildman–Crippen MR) is 108 cm³/mol. The van der Waals surface area contributed by atoms with Gasteiger partial charge in [-0.3, -0.25) is 4.79 Å². The van der Waals surface area contributed by atoms with Gasteiger partial charge in [0.25, 0.3) is 0 Å². The molecule has 2 nitrogen and oxygen atoms in total. The van der Waals surface area contributed by atoms with Crippen LogP contribution >= 0.6 is 0 Å². The van der Waals surface area contributed by atoms with E-state index < -0.39 is 0 Å². The molecule has 0 heterocycles. The Balaban J connectivity index is 2.22.